The summed E-state index contributed by atoms with van der Waals surface area (Å²) in [6, 6.07) is 13.4. The second kappa shape index (κ2) is 8.80. The number of fused-ring (bicyclic) bond motifs is 1. The van der Waals surface area contributed by atoms with Gasteiger partial charge in [-0.05, 0) is 29.8 Å². The van der Waals surface area contributed by atoms with Gasteiger partial charge in [-0.25, -0.2) is 0 Å². The largest absolute Gasteiger partial charge is 0.490 e. The van der Waals surface area contributed by atoms with Crippen LogP contribution in [0.5, 0.6) is 17.2 Å². The SMILES string of the molecule is O=C(COc1ccc(C2SCCS2)cc1)Nc1ccc2c(c1)OCCCO2. The van der Waals surface area contributed by atoms with Crippen LogP contribution in [0.25, 0.3) is 0 Å². The highest BCUT2D eigenvalue weighted by atomic mass is 32.2. The minimum atomic E-state index is -0.213. The van der Waals surface area contributed by atoms with E-state index in [0.717, 1.165) is 6.42 Å². The summed E-state index contributed by atoms with van der Waals surface area (Å²) in [4.78, 5) is 12.2. The Morgan fingerprint density at radius 3 is 2.56 bits per heavy atom. The molecule has 2 aromatic carbocycles. The zero-order valence-corrected chi connectivity index (χ0v) is 16.4. The molecule has 142 valence electrons. The number of nitrogens with one attached hydrogen (secondary N) is 1. The van der Waals surface area contributed by atoms with Crippen molar-refractivity contribution >= 4 is 35.1 Å². The standard InChI is InChI=1S/C20H21NO4S2/c22-19(21-15-4-7-17-18(12-15)24-9-1-8-23-17)13-25-16-5-2-14(3-6-16)20-26-10-11-27-20/h2-7,12,20H,1,8-11,13H2,(H,21,22). The molecule has 0 radical (unpaired) electrons. The van der Waals surface area contributed by atoms with E-state index in [0.29, 0.717) is 40.7 Å². The summed E-state index contributed by atoms with van der Waals surface area (Å²) in [5.74, 6) is 4.25. The van der Waals surface area contributed by atoms with Crippen molar-refractivity contribution in [3.63, 3.8) is 0 Å². The maximum atomic E-state index is 12.2. The van der Waals surface area contributed by atoms with Gasteiger partial charge in [0.2, 0.25) is 0 Å². The Kier molecular flexibility index (Phi) is 5.99. The Hall–Kier alpha value is -1.99. The summed E-state index contributed by atoms with van der Waals surface area (Å²) in [7, 11) is 0. The van der Waals surface area contributed by atoms with E-state index in [9.17, 15) is 4.79 Å². The quantitative estimate of drug-likeness (QED) is 0.801. The van der Waals surface area contributed by atoms with Gasteiger partial charge in [-0.3, -0.25) is 4.79 Å². The van der Waals surface area contributed by atoms with Crippen LogP contribution >= 0.6 is 23.5 Å². The maximum absolute atomic E-state index is 12.2. The van der Waals surface area contributed by atoms with Gasteiger partial charge in [-0.1, -0.05) is 12.1 Å². The second-order valence-electron chi connectivity index (χ2n) is 6.19. The van der Waals surface area contributed by atoms with Crippen molar-refractivity contribution in [2.45, 2.75) is 11.0 Å². The molecule has 1 saturated heterocycles. The lowest BCUT2D eigenvalue weighted by Gasteiger charge is -2.12. The molecule has 0 aromatic heterocycles. The highest BCUT2D eigenvalue weighted by Gasteiger charge is 2.18. The minimum absolute atomic E-state index is 0.0410. The zero-order valence-electron chi connectivity index (χ0n) is 14.8. The number of amides is 1. The second-order valence-corrected chi connectivity index (χ2v) is 8.92. The third kappa shape index (κ3) is 4.84. The van der Waals surface area contributed by atoms with E-state index in [1.165, 1.54) is 17.1 Å². The number of rotatable bonds is 5. The molecule has 0 spiro atoms. The number of anilines is 1. The van der Waals surface area contributed by atoms with Gasteiger partial charge in [0.25, 0.3) is 5.91 Å². The molecule has 27 heavy (non-hydrogen) atoms. The smallest absolute Gasteiger partial charge is 0.262 e. The lowest BCUT2D eigenvalue weighted by atomic mass is 10.2. The number of thioether (sulfide) groups is 2. The van der Waals surface area contributed by atoms with Gasteiger partial charge in [-0.2, -0.15) is 0 Å². The lowest BCUT2D eigenvalue weighted by molar-refractivity contribution is -0.118. The highest BCUT2D eigenvalue weighted by Crippen LogP contribution is 2.45. The van der Waals surface area contributed by atoms with Gasteiger partial charge >= 0.3 is 0 Å². The molecular weight excluding hydrogens is 382 g/mol. The Balaban J connectivity index is 1.30. The van der Waals surface area contributed by atoms with Gasteiger partial charge in [0.1, 0.15) is 5.75 Å². The lowest BCUT2D eigenvalue weighted by Crippen LogP contribution is -2.20. The van der Waals surface area contributed by atoms with Crippen LogP contribution in [0.2, 0.25) is 0 Å². The van der Waals surface area contributed by atoms with Crippen LogP contribution in [0.4, 0.5) is 5.69 Å². The summed E-state index contributed by atoms with van der Waals surface area (Å²) < 4.78 is 17.4. The zero-order chi connectivity index (χ0) is 18.5. The van der Waals surface area contributed by atoms with E-state index in [4.69, 9.17) is 14.2 Å². The molecule has 0 unspecified atom stereocenters. The van der Waals surface area contributed by atoms with E-state index in [1.807, 2.05) is 41.7 Å². The molecule has 2 aliphatic heterocycles. The molecule has 2 aromatic rings. The third-order valence-electron chi connectivity index (χ3n) is 4.18. The van der Waals surface area contributed by atoms with E-state index in [2.05, 4.69) is 17.4 Å². The fourth-order valence-corrected chi connectivity index (χ4v) is 5.72. The fourth-order valence-electron chi connectivity index (χ4n) is 2.86. The van der Waals surface area contributed by atoms with Crippen molar-refractivity contribution in [3.8, 4) is 17.2 Å². The van der Waals surface area contributed by atoms with Crippen molar-refractivity contribution in [1.82, 2.24) is 0 Å². The van der Waals surface area contributed by atoms with Crippen LogP contribution in [0.15, 0.2) is 42.5 Å². The van der Waals surface area contributed by atoms with Crippen molar-refractivity contribution in [2.75, 3.05) is 36.6 Å². The molecule has 5 nitrogen and oxygen atoms in total. The highest BCUT2D eigenvalue weighted by molar-refractivity contribution is 8.19. The van der Waals surface area contributed by atoms with Gasteiger partial charge in [0.15, 0.2) is 18.1 Å². The number of carbonyl (C=O) groups is 1. The summed E-state index contributed by atoms with van der Waals surface area (Å²) in [6.45, 7) is 1.21. The molecule has 4 rings (SSSR count). The fraction of sp³-hybridized carbons (Fsp3) is 0.350. The first kappa shape index (κ1) is 18.4. The number of hydrogen-bond acceptors (Lipinski definition) is 6. The topological polar surface area (TPSA) is 56.8 Å². The molecule has 0 atom stereocenters. The predicted octanol–water partition coefficient (Wildman–Crippen LogP) is 4.34. The first-order valence-electron chi connectivity index (χ1n) is 8.93. The van der Waals surface area contributed by atoms with E-state index < -0.39 is 0 Å². The van der Waals surface area contributed by atoms with Crippen LogP contribution in [-0.2, 0) is 4.79 Å². The Bertz CT molecular complexity index is 791. The van der Waals surface area contributed by atoms with Gasteiger partial charge < -0.3 is 19.5 Å². The minimum Gasteiger partial charge on any atom is -0.490 e. The predicted molar refractivity (Wildman–Crippen MR) is 110 cm³/mol. The van der Waals surface area contributed by atoms with Crippen LogP contribution in [0.3, 0.4) is 0 Å². The molecule has 1 fully saturated rings. The molecule has 2 aliphatic rings. The Labute approximate surface area is 167 Å². The summed E-state index contributed by atoms with van der Waals surface area (Å²) in [5.41, 5.74) is 1.96. The van der Waals surface area contributed by atoms with E-state index in [-0.39, 0.29) is 12.5 Å². The van der Waals surface area contributed by atoms with Gasteiger partial charge in [-0.15, -0.1) is 23.5 Å². The first-order chi connectivity index (χ1) is 13.3. The van der Waals surface area contributed by atoms with Crippen molar-refractivity contribution in [3.05, 3.63) is 48.0 Å². The molecule has 0 bridgehead atoms. The molecule has 1 N–H and O–H groups in total. The molecule has 7 heteroatoms. The van der Waals surface area contributed by atoms with Crippen LogP contribution in [-0.4, -0.2) is 37.2 Å². The Morgan fingerprint density at radius 2 is 1.78 bits per heavy atom. The molecular formula is C20H21NO4S2. The number of benzene rings is 2. The molecule has 1 amide bonds. The summed E-state index contributed by atoms with van der Waals surface area (Å²) in [6.07, 6.45) is 0.848. The molecule has 0 aliphatic carbocycles. The van der Waals surface area contributed by atoms with Crippen molar-refractivity contribution in [1.29, 1.82) is 0 Å². The van der Waals surface area contributed by atoms with E-state index >= 15 is 0 Å². The molecule has 0 saturated carbocycles. The average Bonchev–Trinajstić information content (AvgIpc) is 3.13. The van der Waals surface area contributed by atoms with Crippen LogP contribution in [0.1, 0.15) is 16.6 Å². The van der Waals surface area contributed by atoms with Crippen molar-refractivity contribution in [2.24, 2.45) is 0 Å². The van der Waals surface area contributed by atoms with Gasteiger partial charge in [0.05, 0.1) is 17.8 Å². The summed E-state index contributed by atoms with van der Waals surface area (Å²) >= 11 is 3.94. The van der Waals surface area contributed by atoms with Crippen LogP contribution in [0, 0.1) is 0 Å². The monoisotopic (exact) mass is 403 g/mol. The molecule has 2 heterocycles. The average molecular weight is 404 g/mol. The number of ether oxygens (including phenoxy) is 3. The first-order valence-corrected chi connectivity index (χ1v) is 11.0. The van der Waals surface area contributed by atoms with Crippen molar-refractivity contribution < 1.29 is 19.0 Å². The normalized spacial score (nSPS) is 16.6. The van der Waals surface area contributed by atoms with E-state index in [1.54, 1.807) is 12.1 Å². The number of carbonyl (C=O) groups excluding carboxylic acids is 1. The Morgan fingerprint density at radius 1 is 1.04 bits per heavy atom. The van der Waals surface area contributed by atoms with Crippen LogP contribution < -0.4 is 19.5 Å². The summed E-state index contributed by atoms with van der Waals surface area (Å²) in [5, 5.41) is 2.83. The van der Waals surface area contributed by atoms with Gasteiger partial charge in [0, 0.05) is 29.7 Å². The maximum Gasteiger partial charge on any atom is 0.262 e. The third-order valence-corrected chi connectivity index (χ3v) is 7.28. The number of hydrogen-bond donors (Lipinski definition) is 1.